The molecule has 34 heavy (non-hydrogen) atoms. The number of fused-ring (bicyclic) bond motifs is 2. The molecule has 1 N–H and O–H groups in total. The van der Waals surface area contributed by atoms with Crippen LogP contribution in [-0.2, 0) is 12.8 Å². The molecule has 5 aromatic rings. The van der Waals surface area contributed by atoms with Gasteiger partial charge in [0, 0.05) is 17.7 Å². The molecule has 3 aromatic heterocycles. The third kappa shape index (κ3) is 3.31. The summed E-state index contributed by atoms with van der Waals surface area (Å²) >= 11 is 0. The van der Waals surface area contributed by atoms with Crippen LogP contribution in [-0.4, -0.2) is 35.2 Å². The first kappa shape index (κ1) is 20.7. The van der Waals surface area contributed by atoms with E-state index in [9.17, 15) is 0 Å². The second kappa shape index (κ2) is 8.17. The first-order valence-electron chi connectivity index (χ1n) is 11.9. The summed E-state index contributed by atoms with van der Waals surface area (Å²) < 4.78 is 2.40. The number of hydrogen-bond acceptors (Lipinski definition) is 5. The maximum absolute atomic E-state index is 5.00. The number of aromatic amines is 1. The van der Waals surface area contributed by atoms with Crippen molar-refractivity contribution in [2.24, 2.45) is 0 Å². The zero-order valence-electron chi connectivity index (χ0n) is 19.7. The van der Waals surface area contributed by atoms with E-state index in [1.807, 2.05) is 12.1 Å². The second-order valence-electron chi connectivity index (χ2n) is 9.11. The lowest BCUT2D eigenvalue weighted by Crippen LogP contribution is -2.19. The molecule has 170 valence electrons. The van der Waals surface area contributed by atoms with Gasteiger partial charge in [-0.15, -0.1) is 10.2 Å². The van der Waals surface area contributed by atoms with Crippen LogP contribution in [0.4, 0.5) is 0 Å². The van der Waals surface area contributed by atoms with E-state index in [0.29, 0.717) is 5.82 Å². The van der Waals surface area contributed by atoms with Crippen molar-refractivity contribution in [3.8, 4) is 22.5 Å². The first-order valence-corrected chi connectivity index (χ1v) is 11.9. The van der Waals surface area contributed by atoms with Gasteiger partial charge in [0.2, 0.25) is 5.82 Å². The Balaban J connectivity index is 1.48. The highest BCUT2D eigenvalue weighted by atomic mass is 15.5. The molecule has 0 saturated carbocycles. The molecule has 0 bridgehead atoms. The first-order chi connectivity index (χ1) is 16.6. The Labute approximate surface area is 198 Å². The van der Waals surface area contributed by atoms with Gasteiger partial charge >= 0.3 is 0 Å². The summed E-state index contributed by atoms with van der Waals surface area (Å²) in [6.45, 7) is 6.38. The molecule has 7 heteroatoms. The van der Waals surface area contributed by atoms with Crippen LogP contribution in [0.15, 0.2) is 48.5 Å². The van der Waals surface area contributed by atoms with Gasteiger partial charge in [-0.25, -0.2) is 9.97 Å². The van der Waals surface area contributed by atoms with Gasteiger partial charge in [0.25, 0.3) is 0 Å². The average molecular weight is 450 g/mol. The highest BCUT2D eigenvalue weighted by Gasteiger charge is 2.27. The van der Waals surface area contributed by atoms with Gasteiger partial charge in [0.1, 0.15) is 11.3 Å². The third-order valence-electron chi connectivity index (χ3n) is 6.92. The van der Waals surface area contributed by atoms with Crippen LogP contribution in [0.3, 0.4) is 0 Å². The molecule has 0 aliphatic heterocycles. The van der Waals surface area contributed by atoms with Crippen molar-refractivity contribution in [2.75, 3.05) is 0 Å². The van der Waals surface area contributed by atoms with E-state index in [4.69, 9.17) is 9.97 Å². The van der Waals surface area contributed by atoms with Crippen LogP contribution >= 0.6 is 0 Å². The molecule has 3 heterocycles. The SMILES string of the molecule is CCc1nc2c(C)cc(C)nc2n1C1CCCc2cc(-c3ccccc3-c3nn[nH]n3)ccc21. The lowest BCUT2D eigenvalue weighted by Gasteiger charge is -2.29. The molecule has 1 aliphatic rings. The normalized spacial score (nSPS) is 15.6. The number of H-pyrrole nitrogens is 1. The maximum Gasteiger partial charge on any atom is 0.205 e. The number of nitrogens with one attached hydrogen (secondary N) is 1. The summed E-state index contributed by atoms with van der Waals surface area (Å²) in [6.07, 6.45) is 4.20. The van der Waals surface area contributed by atoms with Gasteiger partial charge in [0.15, 0.2) is 5.65 Å². The Bertz CT molecular complexity index is 1500. The molecule has 1 atom stereocenters. The smallest absolute Gasteiger partial charge is 0.205 e. The third-order valence-corrected chi connectivity index (χ3v) is 6.92. The van der Waals surface area contributed by atoms with E-state index in [-0.39, 0.29) is 6.04 Å². The Morgan fingerprint density at radius 2 is 1.88 bits per heavy atom. The van der Waals surface area contributed by atoms with Crippen LogP contribution in [0, 0.1) is 13.8 Å². The molecule has 0 radical (unpaired) electrons. The van der Waals surface area contributed by atoms with Gasteiger partial charge in [-0.1, -0.05) is 49.4 Å². The summed E-state index contributed by atoms with van der Waals surface area (Å²) in [6, 6.07) is 17.5. The number of aromatic nitrogens is 7. The molecular weight excluding hydrogens is 422 g/mol. The van der Waals surface area contributed by atoms with Crippen molar-refractivity contribution in [2.45, 2.75) is 52.5 Å². The maximum atomic E-state index is 5.00. The molecule has 0 saturated heterocycles. The van der Waals surface area contributed by atoms with Crippen LogP contribution in [0.5, 0.6) is 0 Å². The second-order valence-corrected chi connectivity index (χ2v) is 9.11. The number of tetrazole rings is 1. The van der Waals surface area contributed by atoms with Crippen LogP contribution in [0.25, 0.3) is 33.7 Å². The largest absolute Gasteiger partial charge is 0.305 e. The van der Waals surface area contributed by atoms with Crippen molar-refractivity contribution in [1.82, 2.24) is 35.2 Å². The molecule has 0 amide bonds. The van der Waals surface area contributed by atoms with Gasteiger partial charge in [-0.05, 0) is 72.2 Å². The fraction of sp³-hybridized carbons (Fsp3) is 0.296. The van der Waals surface area contributed by atoms with E-state index in [2.05, 4.69) is 82.4 Å². The molecule has 0 spiro atoms. The molecular formula is C27H27N7. The number of imidazole rings is 1. The number of hydrogen-bond donors (Lipinski definition) is 1. The van der Waals surface area contributed by atoms with Crippen molar-refractivity contribution in [3.05, 3.63) is 76.7 Å². The topological polar surface area (TPSA) is 85.2 Å². The molecule has 7 nitrogen and oxygen atoms in total. The van der Waals surface area contributed by atoms with Gasteiger partial charge in [-0.2, -0.15) is 5.21 Å². The summed E-state index contributed by atoms with van der Waals surface area (Å²) in [4.78, 5) is 9.94. The standard InChI is InChI=1S/C27H27N7/c1-4-24-29-25-16(2)14-17(3)28-27(25)34(24)23-11-7-8-18-15-19(12-13-21(18)23)20-9-5-6-10-22(20)26-30-32-33-31-26/h5-6,9-10,12-15,23H,4,7-8,11H2,1-3H3,(H,30,31,32,33). The summed E-state index contributed by atoms with van der Waals surface area (Å²) in [5.41, 5.74) is 10.3. The van der Waals surface area contributed by atoms with Crippen LogP contribution < -0.4 is 0 Å². The number of aryl methyl sites for hydroxylation is 4. The van der Waals surface area contributed by atoms with Crippen molar-refractivity contribution in [1.29, 1.82) is 0 Å². The number of rotatable bonds is 4. The Morgan fingerprint density at radius 3 is 2.68 bits per heavy atom. The van der Waals surface area contributed by atoms with Crippen molar-refractivity contribution in [3.63, 3.8) is 0 Å². The minimum atomic E-state index is 0.249. The molecule has 6 rings (SSSR count). The Kier molecular flexibility index (Phi) is 4.98. The van der Waals surface area contributed by atoms with Crippen LogP contribution in [0.2, 0.25) is 0 Å². The molecule has 1 unspecified atom stereocenters. The molecule has 0 fully saturated rings. The predicted octanol–water partition coefficient (Wildman–Crippen LogP) is 5.38. The molecule has 2 aromatic carbocycles. The minimum absolute atomic E-state index is 0.249. The van der Waals surface area contributed by atoms with Gasteiger partial charge in [-0.3, -0.25) is 0 Å². The van der Waals surface area contributed by atoms with E-state index in [1.165, 1.54) is 22.3 Å². The highest BCUT2D eigenvalue weighted by Crippen LogP contribution is 2.39. The molecule has 1 aliphatic carbocycles. The monoisotopic (exact) mass is 449 g/mol. The average Bonchev–Trinajstić information content (AvgIpc) is 3.52. The van der Waals surface area contributed by atoms with Gasteiger partial charge in [0.05, 0.1) is 6.04 Å². The van der Waals surface area contributed by atoms with E-state index < -0.39 is 0 Å². The fourth-order valence-electron chi connectivity index (χ4n) is 5.43. The minimum Gasteiger partial charge on any atom is -0.305 e. The van der Waals surface area contributed by atoms with Gasteiger partial charge < -0.3 is 4.57 Å². The lowest BCUT2D eigenvalue weighted by atomic mass is 9.85. The lowest BCUT2D eigenvalue weighted by molar-refractivity contribution is 0.484. The zero-order chi connectivity index (χ0) is 23.2. The highest BCUT2D eigenvalue weighted by molar-refractivity contribution is 5.81. The summed E-state index contributed by atoms with van der Waals surface area (Å²) in [5.74, 6) is 1.72. The number of nitrogens with zero attached hydrogens (tertiary/aromatic N) is 6. The van der Waals surface area contributed by atoms with E-state index in [1.54, 1.807) is 0 Å². The number of benzene rings is 2. The fourth-order valence-corrected chi connectivity index (χ4v) is 5.43. The quantitative estimate of drug-likeness (QED) is 0.398. The summed E-state index contributed by atoms with van der Waals surface area (Å²) in [7, 11) is 0. The summed E-state index contributed by atoms with van der Waals surface area (Å²) in [5, 5.41) is 14.7. The van der Waals surface area contributed by atoms with E-state index in [0.717, 1.165) is 59.5 Å². The van der Waals surface area contributed by atoms with Crippen LogP contribution in [0.1, 0.15) is 54.0 Å². The zero-order valence-corrected chi connectivity index (χ0v) is 19.7. The van der Waals surface area contributed by atoms with Crippen molar-refractivity contribution >= 4 is 11.2 Å². The number of pyridine rings is 1. The Morgan fingerprint density at radius 1 is 1.03 bits per heavy atom. The van der Waals surface area contributed by atoms with E-state index >= 15 is 0 Å². The van der Waals surface area contributed by atoms with Crippen molar-refractivity contribution < 1.29 is 0 Å². The Hall–Kier alpha value is -3.87. The predicted molar refractivity (Wildman–Crippen MR) is 133 cm³/mol.